The molecule has 5 heteroatoms. The Morgan fingerprint density at radius 3 is 1.48 bits per heavy atom. The normalized spacial score (nSPS) is 10.8. The van der Waals surface area contributed by atoms with Gasteiger partial charge < -0.3 is 5.11 Å². The molecule has 0 heterocycles. The first kappa shape index (κ1) is 23.9. The van der Waals surface area contributed by atoms with Crippen LogP contribution in [0.25, 0.3) is 0 Å². The number of carboxylic acid groups (broad SMARTS) is 1. The van der Waals surface area contributed by atoms with E-state index < -0.39 is 5.97 Å². The van der Waals surface area contributed by atoms with Gasteiger partial charge in [-0.1, -0.05) is 96.8 Å². The number of nitrogens with one attached hydrogen (secondary N) is 2. The number of carboxylic acids is 1. The molecule has 25 heavy (non-hydrogen) atoms. The van der Waals surface area contributed by atoms with Gasteiger partial charge in [0, 0.05) is 6.42 Å². The molecule has 3 N–H and O–H groups in total. The summed E-state index contributed by atoms with van der Waals surface area (Å²) in [5.74, 6) is -1.11. The fourth-order valence-electron chi connectivity index (χ4n) is 2.94. The molecule has 0 aliphatic rings. The first-order chi connectivity index (χ1) is 12.2. The second-order valence-electron chi connectivity index (χ2n) is 7.00. The van der Waals surface area contributed by atoms with Gasteiger partial charge in [0.1, 0.15) is 6.54 Å². The van der Waals surface area contributed by atoms with Crippen molar-refractivity contribution >= 4 is 11.9 Å². The Bertz CT molecular complexity index is 322. The van der Waals surface area contributed by atoms with Crippen molar-refractivity contribution in [1.82, 2.24) is 10.9 Å². The molecule has 148 valence electrons. The van der Waals surface area contributed by atoms with Gasteiger partial charge >= 0.3 is 5.97 Å². The first-order valence-corrected chi connectivity index (χ1v) is 10.4. The van der Waals surface area contributed by atoms with E-state index in [0.29, 0.717) is 6.42 Å². The minimum absolute atomic E-state index is 0.129. The molecule has 0 aromatic carbocycles. The third-order valence-electron chi connectivity index (χ3n) is 4.47. The van der Waals surface area contributed by atoms with Gasteiger partial charge in [-0.25, -0.2) is 5.43 Å². The van der Waals surface area contributed by atoms with Crippen LogP contribution in [0.2, 0.25) is 0 Å². The molecule has 0 atom stereocenters. The molecule has 5 nitrogen and oxygen atoms in total. The maximum absolute atomic E-state index is 11.4. The first-order valence-electron chi connectivity index (χ1n) is 10.4. The maximum Gasteiger partial charge on any atom is 0.319 e. The van der Waals surface area contributed by atoms with E-state index in [4.69, 9.17) is 5.11 Å². The third-order valence-corrected chi connectivity index (χ3v) is 4.47. The average Bonchev–Trinajstić information content (AvgIpc) is 2.58. The monoisotopic (exact) mass is 356 g/mol. The summed E-state index contributed by atoms with van der Waals surface area (Å²) in [6.45, 7) is 2.02. The largest absolute Gasteiger partial charge is 0.480 e. The lowest BCUT2D eigenvalue weighted by Gasteiger charge is -2.05. The highest BCUT2D eigenvalue weighted by Crippen LogP contribution is 2.13. The molecular formula is C20H40N2O3. The van der Waals surface area contributed by atoms with Crippen LogP contribution in [0.1, 0.15) is 110 Å². The molecule has 0 fully saturated rings. The van der Waals surface area contributed by atoms with Gasteiger partial charge in [0.05, 0.1) is 0 Å². The summed E-state index contributed by atoms with van der Waals surface area (Å²) in [4.78, 5) is 21.7. The fraction of sp³-hybridized carbons (Fsp3) is 0.900. The number of amides is 1. The molecule has 0 saturated heterocycles. The standard InChI is InChI=1S/C20H40N2O3/c1-2-3-4-5-6-7-8-9-10-11-12-13-14-15-16-17-19(23)22-21-18-20(24)25/h21H,2-18H2,1H3,(H,22,23)(H,24,25). The van der Waals surface area contributed by atoms with Gasteiger partial charge in [0.25, 0.3) is 0 Å². The van der Waals surface area contributed by atoms with E-state index in [1.165, 1.54) is 83.5 Å². The zero-order chi connectivity index (χ0) is 18.6. The van der Waals surface area contributed by atoms with Crippen molar-refractivity contribution in [2.75, 3.05) is 6.54 Å². The summed E-state index contributed by atoms with van der Waals surface area (Å²) in [5, 5.41) is 8.43. The average molecular weight is 357 g/mol. The fourth-order valence-corrected chi connectivity index (χ4v) is 2.94. The van der Waals surface area contributed by atoms with Gasteiger partial charge in [0.15, 0.2) is 0 Å². The quantitative estimate of drug-likeness (QED) is 0.226. The molecule has 0 saturated carbocycles. The van der Waals surface area contributed by atoms with Crippen LogP contribution in [0.15, 0.2) is 0 Å². The van der Waals surface area contributed by atoms with Crippen molar-refractivity contribution in [2.45, 2.75) is 110 Å². The summed E-state index contributed by atoms with van der Waals surface area (Å²) in [7, 11) is 0. The molecule has 0 aliphatic carbocycles. The molecule has 1 amide bonds. The highest BCUT2D eigenvalue weighted by Gasteiger charge is 2.01. The zero-order valence-electron chi connectivity index (χ0n) is 16.3. The number of carbonyl (C=O) groups is 2. The Morgan fingerprint density at radius 1 is 0.680 bits per heavy atom. The minimum atomic E-state index is -0.979. The molecule has 0 unspecified atom stereocenters. The molecule has 0 aliphatic heterocycles. The predicted molar refractivity (Wildman–Crippen MR) is 103 cm³/mol. The van der Waals surface area contributed by atoms with Crippen LogP contribution >= 0.6 is 0 Å². The summed E-state index contributed by atoms with van der Waals surface area (Å²) < 4.78 is 0. The SMILES string of the molecule is CCCCCCCCCCCCCCCCCC(=O)NNCC(=O)O. The van der Waals surface area contributed by atoms with Gasteiger partial charge in [0.2, 0.25) is 5.91 Å². The van der Waals surface area contributed by atoms with Crippen LogP contribution in [-0.2, 0) is 9.59 Å². The number of hydrogen-bond acceptors (Lipinski definition) is 3. The van der Waals surface area contributed by atoms with Crippen LogP contribution in [0.5, 0.6) is 0 Å². The lowest BCUT2D eigenvalue weighted by Crippen LogP contribution is -2.40. The Labute approximate surface area is 154 Å². The van der Waals surface area contributed by atoms with Crippen LogP contribution < -0.4 is 10.9 Å². The number of aliphatic carboxylic acids is 1. The van der Waals surface area contributed by atoms with Crippen LogP contribution in [0, 0.1) is 0 Å². The summed E-state index contributed by atoms with van der Waals surface area (Å²) >= 11 is 0. The van der Waals surface area contributed by atoms with Gasteiger partial charge in [-0.05, 0) is 6.42 Å². The van der Waals surface area contributed by atoms with Gasteiger partial charge in [-0.3, -0.25) is 15.0 Å². The highest BCUT2D eigenvalue weighted by atomic mass is 16.4. The Balaban J connectivity index is 3.11. The molecule has 0 aromatic rings. The highest BCUT2D eigenvalue weighted by molar-refractivity contribution is 5.76. The van der Waals surface area contributed by atoms with Crippen molar-refractivity contribution in [3.8, 4) is 0 Å². The lowest BCUT2D eigenvalue weighted by atomic mass is 10.0. The van der Waals surface area contributed by atoms with Crippen LogP contribution in [0.4, 0.5) is 0 Å². The molecule has 0 aromatic heterocycles. The van der Waals surface area contributed by atoms with Crippen molar-refractivity contribution in [3.63, 3.8) is 0 Å². The lowest BCUT2D eigenvalue weighted by molar-refractivity contribution is -0.136. The number of unbranched alkanes of at least 4 members (excludes halogenated alkanes) is 14. The Kier molecular flexibility index (Phi) is 18.4. The summed E-state index contributed by atoms with van der Waals surface area (Å²) in [6, 6.07) is 0. The van der Waals surface area contributed by atoms with E-state index >= 15 is 0 Å². The number of hydrogen-bond donors (Lipinski definition) is 3. The minimum Gasteiger partial charge on any atom is -0.480 e. The predicted octanol–water partition coefficient (Wildman–Crippen LogP) is 4.95. The van der Waals surface area contributed by atoms with E-state index in [-0.39, 0.29) is 12.5 Å². The van der Waals surface area contributed by atoms with E-state index in [1.54, 1.807) is 0 Å². The topological polar surface area (TPSA) is 78.4 Å². The van der Waals surface area contributed by atoms with Crippen molar-refractivity contribution in [1.29, 1.82) is 0 Å². The number of carbonyl (C=O) groups excluding carboxylic acids is 1. The number of rotatable bonds is 19. The zero-order valence-corrected chi connectivity index (χ0v) is 16.3. The van der Waals surface area contributed by atoms with Crippen LogP contribution in [-0.4, -0.2) is 23.5 Å². The van der Waals surface area contributed by atoms with E-state index in [2.05, 4.69) is 17.8 Å². The van der Waals surface area contributed by atoms with Crippen LogP contribution in [0.3, 0.4) is 0 Å². The third kappa shape index (κ3) is 20.9. The van der Waals surface area contributed by atoms with Gasteiger partial charge in [-0.2, -0.15) is 0 Å². The number of hydrazine groups is 1. The van der Waals surface area contributed by atoms with E-state index in [9.17, 15) is 9.59 Å². The smallest absolute Gasteiger partial charge is 0.319 e. The molecule has 0 rings (SSSR count). The summed E-state index contributed by atoms with van der Waals surface area (Å²) in [5.41, 5.74) is 4.78. The molecule has 0 radical (unpaired) electrons. The Hall–Kier alpha value is -1.10. The second kappa shape index (κ2) is 19.2. The Morgan fingerprint density at radius 2 is 1.08 bits per heavy atom. The summed E-state index contributed by atoms with van der Waals surface area (Å²) in [6.07, 6.45) is 20.0. The van der Waals surface area contributed by atoms with Crippen molar-refractivity contribution in [2.24, 2.45) is 0 Å². The van der Waals surface area contributed by atoms with E-state index in [0.717, 1.165) is 12.8 Å². The second-order valence-corrected chi connectivity index (χ2v) is 7.00. The van der Waals surface area contributed by atoms with E-state index in [1.807, 2.05) is 0 Å². The molecule has 0 bridgehead atoms. The maximum atomic E-state index is 11.4. The van der Waals surface area contributed by atoms with Gasteiger partial charge in [-0.15, -0.1) is 0 Å². The molecular weight excluding hydrogens is 316 g/mol. The van der Waals surface area contributed by atoms with Crippen molar-refractivity contribution < 1.29 is 14.7 Å². The molecule has 0 spiro atoms. The van der Waals surface area contributed by atoms with Crippen molar-refractivity contribution in [3.05, 3.63) is 0 Å².